The lowest BCUT2D eigenvalue weighted by atomic mass is 9.89. The lowest BCUT2D eigenvalue weighted by Gasteiger charge is -2.26. The lowest BCUT2D eigenvalue weighted by molar-refractivity contribution is -0.384. The third-order valence-electron chi connectivity index (χ3n) is 5.29. The van der Waals surface area contributed by atoms with Crippen molar-refractivity contribution in [2.45, 2.75) is 37.5 Å². The van der Waals surface area contributed by atoms with E-state index in [2.05, 4.69) is 12.2 Å². The van der Waals surface area contributed by atoms with Gasteiger partial charge in [0.2, 0.25) is 10.0 Å². The molecule has 1 aliphatic carbocycles. The van der Waals surface area contributed by atoms with Gasteiger partial charge in [-0.2, -0.15) is 4.31 Å². The first kappa shape index (κ1) is 19.1. The highest BCUT2D eigenvalue weighted by atomic mass is 32.2. The molecule has 9 heteroatoms. The minimum atomic E-state index is -3.76. The zero-order valence-electron chi connectivity index (χ0n) is 14.9. The van der Waals surface area contributed by atoms with E-state index in [0.717, 1.165) is 18.9 Å². The third-order valence-corrected chi connectivity index (χ3v) is 7.18. The fourth-order valence-electron chi connectivity index (χ4n) is 3.62. The van der Waals surface area contributed by atoms with Crippen LogP contribution < -0.4 is 5.32 Å². The number of nitrogens with zero attached hydrogens (tertiary/aromatic N) is 2. The molecule has 1 saturated heterocycles. The van der Waals surface area contributed by atoms with Crippen LogP contribution in [0, 0.1) is 15.5 Å². The topological polar surface area (TPSA) is 102 Å². The summed E-state index contributed by atoms with van der Waals surface area (Å²) in [6.45, 7) is 4.00. The number of nitrogens with one attached hydrogen (secondary N) is 1. The Bertz CT molecular complexity index is 769. The van der Waals surface area contributed by atoms with E-state index in [1.807, 2.05) is 0 Å². The van der Waals surface area contributed by atoms with Crippen molar-refractivity contribution in [1.82, 2.24) is 4.31 Å². The van der Waals surface area contributed by atoms with Gasteiger partial charge in [-0.3, -0.25) is 10.1 Å². The van der Waals surface area contributed by atoms with Crippen LogP contribution in [-0.2, 0) is 14.8 Å². The number of benzene rings is 1. The summed E-state index contributed by atoms with van der Waals surface area (Å²) in [5.74, 6) is 0. The summed E-state index contributed by atoms with van der Waals surface area (Å²) in [5.41, 5.74) is 0.289. The molecule has 0 atom stereocenters. The SMILES string of the molecule is CC1(CNc2ccc(S(=O)(=O)N3CCOCC3)cc2[N+](=O)[O-])CCCC1. The molecule has 0 unspecified atom stereocenters. The number of ether oxygens (including phenoxy) is 1. The van der Waals surface area contributed by atoms with Gasteiger partial charge < -0.3 is 10.1 Å². The zero-order chi connectivity index (χ0) is 18.8. The average molecular weight is 383 g/mol. The van der Waals surface area contributed by atoms with Crippen molar-refractivity contribution in [3.8, 4) is 0 Å². The second kappa shape index (κ2) is 7.50. The van der Waals surface area contributed by atoms with Crippen molar-refractivity contribution < 1.29 is 18.1 Å². The van der Waals surface area contributed by atoms with E-state index in [-0.39, 0.29) is 29.1 Å². The summed E-state index contributed by atoms with van der Waals surface area (Å²) in [6, 6.07) is 4.10. The van der Waals surface area contributed by atoms with Gasteiger partial charge >= 0.3 is 0 Å². The number of morpholine rings is 1. The fourth-order valence-corrected chi connectivity index (χ4v) is 5.05. The number of sulfonamides is 1. The van der Waals surface area contributed by atoms with Gasteiger partial charge in [-0.05, 0) is 30.4 Å². The third kappa shape index (κ3) is 3.99. The highest BCUT2D eigenvalue weighted by Gasteiger charge is 2.31. The first-order valence-electron chi connectivity index (χ1n) is 8.92. The van der Waals surface area contributed by atoms with Crippen molar-refractivity contribution in [3.63, 3.8) is 0 Å². The van der Waals surface area contributed by atoms with Crippen molar-refractivity contribution in [1.29, 1.82) is 0 Å². The normalized spacial score (nSPS) is 20.8. The predicted octanol–water partition coefficient (Wildman–Crippen LogP) is 2.61. The minimum absolute atomic E-state index is 0.0521. The quantitative estimate of drug-likeness (QED) is 0.598. The average Bonchev–Trinajstić information content (AvgIpc) is 3.07. The summed E-state index contributed by atoms with van der Waals surface area (Å²) in [4.78, 5) is 10.9. The van der Waals surface area contributed by atoms with Gasteiger partial charge in [-0.15, -0.1) is 0 Å². The Kier molecular flexibility index (Phi) is 5.50. The van der Waals surface area contributed by atoms with Gasteiger partial charge in [0, 0.05) is 25.7 Å². The largest absolute Gasteiger partial charge is 0.379 e. The Labute approximate surface area is 153 Å². The molecule has 0 bridgehead atoms. The van der Waals surface area contributed by atoms with Gasteiger partial charge in [0.05, 0.1) is 23.0 Å². The molecule has 1 aromatic carbocycles. The highest BCUT2D eigenvalue weighted by Crippen LogP contribution is 2.38. The van der Waals surface area contributed by atoms with Crippen molar-refractivity contribution >= 4 is 21.4 Å². The van der Waals surface area contributed by atoms with Crippen molar-refractivity contribution in [3.05, 3.63) is 28.3 Å². The smallest absolute Gasteiger partial charge is 0.293 e. The van der Waals surface area contributed by atoms with Crippen LogP contribution in [0.3, 0.4) is 0 Å². The molecule has 0 aromatic heterocycles. The van der Waals surface area contributed by atoms with Gasteiger partial charge in [0.15, 0.2) is 0 Å². The van der Waals surface area contributed by atoms with Crippen molar-refractivity contribution in [2.24, 2.45) is 5.41 Å². The number of nitro groups is 1. The molecule has 1 N–H and O–H groups in total. The van der Waals surface area contributed by atoms with Crippen LogP contribution in [0.15, 0.2) is 23.1 Å². The Hall–Kier alpha value is -1.71. The monoisotopic (exact) mass is 383 g/mol. The van der Waals surface area contributed by atoms with Crippen LogP contribution in [-0.4, -0.2) is 50.5 Å². The maximum absolute atomic E-state index is 12.7. The molecule has 1 saturated carbocycles. The Morgan fingerprint density at radius 2 is 1.92 bits per heavy atom. The standard InChI is InChI=1S/C17H25N3O5S/c1-17(6-2-3-7-17)13-18-15-5-4-14(12-16(15)20(21)22)26(23,24)19-8-10-25-11-9-19/h4-5,12,18H,2-3,6-11,13H2,1H3. The number of anilines is 1. The van der Waals surface area contributed by atoms with Crippen LogP contribution >= 0.6 is 0 Å². The van der Waals surface area contributed by atoms with E-state index in [0.29, 0.717) is 25.4 Å². The highest BCUT2D eigenvalue weighted by molar-refractivity contribution is 7.89. The van der Waals surface area contributed by atoms with Crippen LogP contribution in [0.4, 0.5) is 11.4 Å². The summed E-state index contributed by atoms with van der Waals surface area (Å²) in [7, 11) is -3.76. The number of hydrogen-bond acceptors (Lipinski definition) is 6. The predicted molar refractivity (Wildman–Crippen MR) is 97.7 cm³/mol. The van der Waals surface area contributed by atoms with E-state index in [4.69, 9.17) is 4.74 Å². The number of hydrogen-bond donors (Lipinski definition) is 1. The number of rotatable bonds is 6. The molecule has 8 nitrogen and oxygen atoms in total. The second-order valence-corrected chi connectivity index (χ2v) is 9.26. The van der Waals surface area contributed by atoms with Crippen LogP contribution in [0.5, 0.6) is 0 Å². The van der Waals surface area contributed by atoms with Gasteiger partial charge in [-0.1, -0.05) is 19.8 Å². The summed E-state index contributed by atoms with van der Waals surface area (Å²) < 4.78 is 31.9. The maximum Gasteiger partial charge on any atom is 0.293 e. The van der Waals surface area contributed by atoms with E-state index in [1.54, 1.807) is 0 Å². The Balaban J connectivity index is 1.83. The number of nitro benzene ring substituents is 1. The molecule has 1 heterocycles. The molecule has 1 aliphatic heterocycles. The van der Waals surface area contributed by atoms with Crippen LogP contribution in [0.1, 0.15) is 32.6 Å². The van der Waals surface area contributed by atoms with E-state index in [9.17, 15) is 18.5 Å². The van der Waals surface area contributed by atoms with Gasteiger partial charge in [0.1, 0.15) is 5.69 Å². The molecule has 26 heavy (non-hydrogen) atoms. The molecular formula is C17H25N3O5S. The van der Waals surface area contributed by atoms with Crippen molar-refractivity contribution in [2.75, 3.05) is 38.2 Å². The van der Waals surface area contributed by atoms with Crippen LogP contribution in [0.2, 0.25) is 0 Å². The summed E-state index contributed by atoms with van der Waals surface area (Å²) in [6.07, 6.45) is 4.54. The Morgan fingerprint density at radius 3 is 2.54 bits per heavy atom. The molecular weight excluding hydrogens is 358 g/mol. The molecule has 3 rings (SSSR count). The lowest BCUT2D eigenvalue weighted by Crippen LogP contribution is -2.40. The molecule has 1 aromatic rings. The first-order chi connectivity index (χ1) is 12.3. The van der Waals surface area contributed by atoms with Crippen LogP contribution in [0.25, 0.3) is 0 Å². The first-order valence-corrected chi connectivity index (χ1v) is 10.4. The van der Waals surface area contributed by atoms with E-state index in [1.165, 1.54) is 29.3 Å². The Morgan fingerprint density at radius 1 is 1.27 bits per heavy atom. The summed E-state index contributed by atoms with van der Waals surface area (Å²) >= 11 is 0. The van der Waals surface area contributed by atoms with E-state index < -0.39 is 14.9 Å². The zero-order valence-corrected chi connectivity index (χ0v) is 15.8. The second-order valence-electron chi connectivity index (χ2n) is 7.32. The minimum Gasteiger partial charge on any atom is -0.379 e. The van der Waals surface area contributed by atoms with Gasteiger partial charge in [0.25, 0.3) is 5.69 Å². The molecule has 2 aliphatic rings. The molecule has 0 radical (unpaired) electrons. The molecule has 0 amide bonds. The molecule has 0 spiro atoms. The maximum atomic E-state index is 12.7. The summed E-state index contributed by atoms with van der Waals surface area (Å²) in [5, 5.41) is 14.7. The molecule has 2 fully saturated rings. The van der Waals surface area contributed by atoms with Gasteiger partial charge in [-0.25, -0.2) is 8.42 Å². The molecule has 144 valence electrons. The fraction of sp³-hybridized carbons (Fsp3) is 0.647. The van der Waals surface area contributed by atoms with E-state index >= 15 is 0 Å².